The number of hydrogen-bond acceptors (Lipinski definition) is 7. The third-order valence-corrected chi connectivity index (χ3v) is 2.01. The Kier molecular flexibility index (Phi) is 5.89. The average molecular weight is 258 g/mol. The van der Waals surface area contributed by atoms with E-state index in [1.807, 2.05) is 4.98 Å². The van der Waals surface area contributed by atoms with Gasteiger partial charge in [-0.2, -0.15) is 4.98 Å². The van der Waals surface area contributed by atoms with Gasteiger partial charge in [0.1, 0.15) is 0 Å². The van der Waals surface area contributed by atoms with Gasteiger partial charge in [0.25, 0.3) is 0 Å². The summed E-state index contributed by atoms with van der Waals surface area (Å²) in [5, 5.41) is 2.32. The molecule has 16 heavy (non-hydrogen) atoms. The van der Waals surface area contributed by atoms with Crippen molar-refractivity contribution in [2.75, 3.05) is 17.6 Å². The van der Waals surface area contributed by atoms with Crippen molar-refractivity contribution in [3.8, 4) is 0 Å². The van der Waals surface area contributed by atoms with Crippen LogP contribution in [0.1, 0.15) is 0 Å². The molecular weight excluding hydrogens is 251 g/mol. The third kappa shape index (κ3) is 6.02. The summed E-state index contributed by atoms with van der Waals surface area (Å²) >= 11 is 0. The number of aromatic nitrogens is 3. The van der Waals surface area contributed by atoms with Crippen LogP contribution in [-0.4, -0.2) is 40.2 Å². The third-order valence-electron chi connectivity index (χ3n) is 1.31. The van der Waals surface area contributed by atoms with E-state index in [0.717, 1.165) is 0 Å². The van der Waals surface area contributed by atoms with Crippen LogP contribution in [0.4, 0.5) is 5.95 Å². The molecule has 0 aromatic carbocycles. The van der Waals surface area contributed by atoms with Gasteiger partial charge in [0.2, 0.25) is 5.95 Å². The van der Waals surface area contributed by atoms with Crippen molar-refractivity contribution in [3.05, 3.63) is 21.0 Å². The van der Waals surface area contributed by atoms with Crippen LogP contribution in [0, 0.1) is 0 Å². The topological polar surface area (TPSA) is 148 Å². The van der Waals surface area contributed by atoms with Crippen LogP contribution < -0.4 is 46.3 Å². The maximum atomic E-state index is 10.7. The van der Waals surface area contributed by atoms with E-state index in [9.17, 15) is 22.6 Å². The van der Waals surface area contributed by atoms with Crippen molar-refractivity contribution in [2.45, 2.75) is 0 Å². The normalized spacial score (nSPS) is 10.6. The number of nitrogens with zero attached hydrogens (tertiary/aromatic N) is 1. The molecular formula is C5H7N4NaO5S. The Morgan fingerprint density at radius 1 is 1.31 bits per heavy atom. The zero-order valence-corrected chi connectivity index (χ0v) is 11.1. The standard InChI is InChI=1S/C5H8N4O5S.Na/c10-4-7-3(8-5(11)9-4)6-1-2-15(12,13)14;/h1-2H2,(H,12,13,14)(H3,6,7,8,9,10,11);/q;+1/p-1. The molecule has 0 aliphatic rings. The smallest absolute Gasteiger partial charge is 0.748 e. The van der Waals surface area contributed by atoms with Gasteiger partial charge in [-0.3, -0.25) is 9.97 Å². The number of rotatable bonds is 4. The van der Waals surface area contributed by atoms with Gasteiger partial charge in [-0.1, -0.05) is 0 Å². The molecule has 0 fully saturated rings. The first kappa shape index (κ1) is 15.3. The molecule has 0 atom stereocenters. The molecule has 0 unspecified atom stereocenters. The molecule has 11 heteroatoms. The molecule has 1 aromatic rings. The number of H-pyrrole nitrogens is 2. The molecule has 0 radical (unpaired) electrons. The van der Waals surface area contributed by atoms with Crippen molar-refractivity contribution >= 4 is 16.1 Å². The Balaban J connectivity index is 0.00000225. The van der Waals surface area contributed by atoms with Gasteiger partial charge in [-0.15, -0.1) is 0 Å². The second-order valence-electron chi connectivity index (χ2n) is 2.53. The van der Waals surface area contributed by atoms with Crippen LogP contribution in [0.3, 0.4) is 0 Å². The summed E-state index contributed by atoms with van der Waals surface area (Å²) in [5.41, 5.74) is -1.64. The molecule has 1 rings (SSSR count). The van der Waals surface area contributed by atoms with Gasteiger partial charge >= 0.3 is 40.9 Å². The predicted octanol–water partition coefficient (Wildman–Crippen LogP) is -5.58. The Hall–Kier alpha value is -0.680. The summed E-state index contributed by atoms with van der Waals surface area (Å²) in [5.74, 6) is -0.851. The first-order valence-electron chi connectivity index (χ1n) is 3.75. The summed E-state index contributed by atoms with van der Waals surface area (Å²) in [6, 6.07) is 0. The SMILES string of the molecule is O=c1nc(NCCS(=O)(=O)[O-])[nH]c(=O)[nH]1.[Na+]. The Bertz CT molecular complexity index is 520. The second-order valence-corrected chi connectivity index (χ2v) is 4.06. The van der Waals surface area contributed by atoms with Crippen LogP contribution in [0.5, 0.6) is 0 Å². The zero-order valence-electron chi connectivity index (χ0n) is 8.31. The molecule has 0 aliphatic carbocycles. The minimum atomic E-state index is -4.33. The van der Waals surface area contributed by atoms with Crippen LogP contribution in [0.2, 0.25) is 0 Å². The zero-order chi connectivity index (χ0) is 11.5. The number of anilines is 1. The Morgan fingerprint density at radius 2 is 1.94 bits per heavy atom. The van der Waals surface area contributed by atoms with E-state index in [0.29, 0.717) is 0 Å². The van der Waals surface area contributed by atoms with Crippen molar-refractivity contribution in [1.82, 2.24) is 15.0 Å². The number of hydrogen-bond donors (Lipinski definition) is 3. The Labute approximate surface area is 112 Å². The molecule has 84 valence electrons. The first-order valence-corrected chi connectivity index (χ1v) is 5.33. The average Bonchev–Trinajstić information content (AvgIpc) is 1.99. The minimum absolute atomic E-state index is 0. The summed E-state index contributed by atoms with van der Waals surface area (Å²) in [7, 11) is -4.33. The summed E-state index contributed by atoms with van der Waals surface area (Å²) < 4.78 is 30.6. The fourth-order valence-corrected chi connectivity index (χ4v) is 1.12. The first-order chi connectivity index (χ1) is 6.87. The molecule has 9 nitrogen and oxygen atoms in total. The second kappa shape index (κ2) is 6.15. The van der Waals surface area contributed by atoms with Crippen molar-refractivity contribution in [3.63, 3.8) is 0 Å². The van der Waals surface area contributed by atoms with Gasteiger partial charge in [0.15, 0.2) is 0 Å². The molecule has 1 heterocycles. The monoisotopic (exact) mass is 258 g/mol. The van der Waals surface area contributed by atoms with Crippen LogP contribution in [-0.2, 0) is 10.1 Å². The minimum Gasteiger partial charge on any atom is -0.748 e. The summed E-state index contributed by atoms with van der Waals surface area (Å²) in [6.07, 6.45) is 0. The van der Waals surface area contributed by atoms with Crippen LogP contribution in [0.25, 0.3) is 0 Å². The largest absolute Gasteiger partial charge is 1.00 e. The van der Waals surface area contributed by atoms with Gasteiger partial charge in [-0.05, 0) is 0 Å². The molecule has 0 saturated heterocycles. The van der Waals surface area contributed by atoms with E-state index in [1.165, 1.54) is 0 Å². The molecule has 0 amide bonds. The van der Waals surface area contributed by atoms with E-state index in [2.05, 4.69) is 15.3 Å². The van der Waals surface area contributed by atoms with Crippen molar-refractivity contribution < 1.29 is 42.5 Å². The van der Waals surface area contributed by atoms with Crippen molar-refractivity contribution in [1.29, 1.82) is 0 Å². The van der Waals surface area contributed by atoms with E-state index >= 15 is 0 Å². The molecule has 0 saturated carbocycles. The van der Waals surface area contributed by atoms with Gasteiger partial charge < -0.3 is 9.87 Å². The van der Waals surface area contributed by atoms with E-state index < -0.39 is 27.3 Å². The fraction of sp³-hybridized carbons (Fsp3) is 0.400. The molecule has 0 bridgehead atoms. The summed E-state index contributed by atoms with van der Waals surface area (Å²) in [4.78, 5) is 28.6. The van der Waals surface area contributed by atoms with E-state index in [4.69, 9.17) is 0 Å². The van der Waals surface area contributed by atoms with E-state index in [1.54, 1.807) is 0 Å². The number of nitrogens with one attached hydrogen (secondary N) is 3. The summed E-state index contributed by atoms with van der Waals surface area (Å²) in [6.45, 7) is -0.238. The quantitative estimate of drug-likeness (QED) is 0.360. The van der Waals surface area contributed by atoms with Crippen molar-refractivity contribution in [2.24, 2.45) is 0 Å². The van der Waals surface area contributed by atoms with E-state index in [-0.39, 0.29) is 42.1 Å². The number of aromatic amines is 2. The van der Waals surface area contributed by atoms with Gasteiger partial charge in [-0.25, -0.2) is 18.0 Å². The molecule has 3 N–H and O–H groups in total. The maximum absolute atomic E-state index is 10.7. The fourth-order valence-electron chi connectivity index (χ4n) is 0.772. The predicted molar refractivity (Wildman–Crippen MR) is 48.5 cm³/mol. The molecule has 0 aliphatic heterocycles. The molecule has 1 aromatic heterocycles. The molecule has 0 spiro atoms. The van der Waals surface area contributed by atoms with Crippen LogP contribution in [0.15, 0.2) is 9.59 Å². The van der Waals surface area contributed by atoms with Crippen LogP contribution >= 0.6 is 0 Å². The maximum Gasteiger partial charge on any atom is 1.00 e. The van der Waals surface area contributed by atoms with Gasteiger partial charge in [0.05, 0.1) is 15.9 Å². The van der Waals surface area contributed by atoms with Gasteiger partial charge in [0, 0.05) is 6.54 Å². The Morgan fingerprint density at radius 3 is 2.44 bits per heavy atom.